The van der Waals surface area contributed by atoms with Gasteiger partial charge in [0.2, 0.25) is 0 Å². The topological polar surface area (TPSA) is 37.3 Å². The maximum atomic E-state index is 10.3. The molecule has 0 amide bonds. The molecule has 20 heavy (non-hydrogen) atoms. The molecule has 122 valence electrons. The van der Waals surface area contributed by atoms with Gasteiger partial charge < -0.3 is 5.11 Å². The Hall–Kier alpha value is -0.530. The van der Waals surface area contributed by atoms with Gasteiger partial charge in [0.25, 0.3) is 0 Å². The summed E-state index contributed by atoms with van der Waals surface area (Å²) in [5.41, 5.74) is 0. The summed E-state index contributed by atoms with van der Waals surface area (Å²) in [4.78, 5) is 10.3. The van der Waals surface area contributed by atoms with Gasteiger partial charge in [-0.25, -0.2) is 0 Å². The number of carboxylic acid groups (broad SMARTS) is 1. The van der Waals surface area contributed by atoms with Gasteiger partial charge in [-0.05, 0) is 6.42 Å². The van der Waals surface area contributed by atoms with Crippen LogP contribution < -0.4 is 0 Å². The molecule has 0 aromatic carbocycles. The Morgan fingerprint density at radius 2 is 0.950 bits per heavy atom. The fraction of sp³-hybridized carbons (Fsp3) is 0.944. The van der Waals surface area contributed by atoms with E-state index in [-0.39, 0.29) is 0 Å². The summed E-state index contributed by atoms with van der Waals surface area (Å²) in [7, 11) is 0. The molecule has 1 N–H and O–H groups in total. The van der Waals surface area contributed by atoms with Crippen LogP contribution in [0.3, 0.4) is 0 Å². The fourth-order valence-electron chi connectivity index (χ4n) is 1.94. The lowest BCUT2D eigenvalue weighted by Gasteiger charge is -2.01. The van der Waals surface area contributed by atoms with Crippen LogP contribution >= 0.6 is 0 Å². The Kier molecular flexibility index (Phi) is 22.6. The highest BCUT2D eigenvalue weighted by molar-refractivity contribution is 5.66. The molecule has 2 nitrogen and oxygen atoms in total. The Balaban J connectivity index is 0. The number of carboxylic acids is 1. The van der Waals surface area contributed by atoms with Crippen molar-refractivity contribution in [1.29, 1.82) is 0 Å². The van der Waals surface area contributed by atoms with Crippen LogP contribution in [0.15, 0.2) is 0 Å². The molecule has 0 rings (SSSR count). The summed E-state index contributed by atoms with van der Waals surface area (Å²) < 4.78 is 0. The molecule has 0 aromatic rings. The van der Waals surface area contributed by atoms with Gasteiger partial charge in [-0.15, -0.1) is 0 Å². The van der Waals surface area contributed by atoms with Crippen LogP contribution in [0.25, 0.3) is 0 Å². The molecule has 2 heteroatoms. The number of hydrogen-bond acceptors (Lipinski definition) is 1. The molecule has 0 fully saturated rings. The smallest absolute Gasteiger partial charge is 0.303 e. The number of carbonyl (C=O) groups is 1. The third-order valence-corrected chi connectivity index (χ3v) is 3.49. The monoisotopic (exact) mass is 286 g/mol. The molecular formula is C18H38O2. The summed E-state index contributed by atoms with van der Waals surface area (Å²) in [5, 5.41) is 8.46. The molecule has 0 saturated carbocycles. The highest BCUT2D eigenvalue weighted by Crippen LogP contribution is 2.11. The van der Waals surface area contributed by atoms with E-state index >= 15 is 0 Å². The van der Waals surface area contributed by atoms with Gasteiger partial charge >= 0.3 is 5.97 Å². The van der Waals surface area contributed by atoms with Crippen molar-refractivity contribution < 1.29 is 9.90 Å². The second-order valence-corrected chi connectivity index (χ2v) is 5.68. The largest absolute Gasteiger partial charge is 0.481 e. The van der Waals surface area contributed by atoms with Crippen LogP contribution in [0.5, 0.6) is 0 Å². The number of hydrogen-bond donors (Lipinski definition) is 1. The third-order valence-electron chi connectivity index (χ3n) is 3.49. The predicted octanol–water partition coefficient (Wildman–Crippen LogP) is 6.58. The zero-order valence-electron chi connectivity index (χ0n) is 14.3. The summed E-state index contributed by atoms with van der Waals surface area (Å²) >= 11 is 0. The van der Waals surface area contributed by atoms with Crippen molar-refractivity contribution >= 4 is 5.97 Å². The summed E-state index contributed by atoms with van der Waals surface area (Å²) in [6.45, 7) is 6.61. The second kappa shape index (κ2) is 20.8. The molecule has 0 aliphatic carbocycles. The molecule has 0 saturated heterocycles. The van der Waals surface area contributed by atoms with E-state index in [4.69, 9.17) is 5.11 Å². The van der Waals surface area contributed by atoms with Crippen LogP contribution in [-0.2, 0) is 4.79 Å². The maximum Gasteiger partial charge on any atom is 0.303 e. The number of rotatable bonds is 13. The Labute approximate surface area is 127 Å². The SMILES string of the molecule is CCCC.CCCCCCCCCCCCCC(=O)O. The lowest BCUT2D eigenvalue weighted by Crippen LogP contribution is -1.93. The van der Waals surface area contributed by atoms with Gasteiger partial charge in [-0.3, -0.25) is 4.79 Å². The number of unbranched alkanes of at least 4 members (excludes halogenated alkanes) is 11. The normalized spacial score (nSPS) is 9.95. The highest BCUT2D eigenvalue weighted by atomic mass is 16.4. The summed E-state index contributed by atoms with van der Waals surface area (Å²) in [6, 6.07) is 0. The molecule has 0 aromatic heterocycles. The van der Waals surface area contributed by atoms with Gasteiger partial charge in [0, 0.05) is 6.42 Å². The van der Waals surface area contributed by atoms with Crippen molar-refractivity contribution in [2.75, 3.05) is 0 Å². The zero-order valence-corrected chi connectivity index (χ0v) is 14.3. The average Bonchev–Trinajstić information content (AvgIpc) is 2.44. The Bertz CT molecular complexity index is 176. The molecule has 0 unspecified atom stereocenters. The van der Waals surface area contributed by atoms with Crippen LogP contribution in [-0.4, -0.2) is 11.1 Å². The molecule has 0 heterocycles. The first-order valence-electron chi connectivity index (χ1n) is 8.90. The first-order chi connectivity index (χ1) is 9.68. The zero-order chi connectivity index (χ0) is 15.5. The van der Waals surface area contributed by atoms with Crippen molar-refractivity contribution in [3.63, 3.8) is 0 Å². The fourth-order valence-corrected chi connectivity index (χ4v) is 1.94. The minimum atomic E-state index is -0.657. The van der Waals surface area contributed by atoms with Crippen molar-refractivity contribution in [2.45, 2.75) is 111 Å². The minimum Gasteiger partial charge on any atom is -0.481 e. The van der Waals surface area contributed by atoms with E-state index < -0.39 is 5.97 Å². The van der Waals surface area contributed by atoms with Crippen LogP contribution in [0.1, 0.15) is 111 Å². The minimum absolute atomic E-state index is 0.344. The third kappa shape index (κ3) is 26.1. The van der Waals surface area contributed by atoms with E-state index in [9.17, 15) is 4.79 Å². The second-order valence-electron chi connectivity index (χ2n) is 5.68. The van der Waals surface area contributed by atoms with Crippen molar-refractivity contribution in [2.24, 2.45) is 0 Å². The molecule has 0 spiro atoms. The molecule has 0 aliphatic heterocycles. The standard InChI is InChI=1S/C14H28O2.C4H10/c1-2-3-4-5-6-7-8-9-10-11-12-13-14(15)16;1-3-4-2/h2-13H2,1H3,(H,15,16);3-4H2,1-2H3. The van der Waals surface area contributed by atoms with E-state index in [1.807, 2.05) is 0 Å². The quantitative estimate of drug-likeness (QED) is 0.388. The van der Waals surface area contributed by atoms with E-state index in [0.717, 1.165) is 12.8 Å². The molecule has 0 aliphatic rings. The molecule has 0 bridgehead atoms. The van der Waals surface area contributed by atoms with Gasteiger partial charge in [0.15, 0.2) is 0 Å². The van der Waals surface area contributed by atoms with E-state index in [2.05, 4.69) is 20.8 Å². The van der Waals surface area contributed by atoms with Crippen LogP contribution in [0.2, 0.25) is 0 Å². The van der Waals surface area contributed by atoms with Crippen molar-refractivity contribution in [3.05, 3.63) is 0 Å². The average molecular weight is 286 g/mol. The molecule has 0 atom stereocenters. The predicted molar refractivity (Wildman–Crippen MR) is 89.3 cm³/mol. The Morgan fingerprint density at radius 3 is 1.25 bits per heavy atom. The van der Waals surface area contributed by atoms with E-state index in [0.29, 0.717) is 6.42 Å². The van der Waals surface area contributed by atoms with Gasteiger partial charge in [-0.2, -0.15) is 0 Å². The maximum absolute atomic E-state index is 10.3. The highest BCUT2D eigenvalue weighted by Gasteiger charge is 1.96. The molecular weight excluding hydrogens is 248 g/mol. The van der Waals surface area contributed by atoms with Crippen molar-refractivity contribution in [3.8, 4) is 0 Å². The van der Waals surface area contributed by atoms with E-state index in [1.54, 1.807) is 0 Å². The lowest BCUT2D eigenvalue weighted by molar-refractivity contribution is -0.137. The van der Waals surface area contributed by atoms with Crippen LogP contribution in [0.4, 0.5) is 0 Å². The Morgan fingerprint density at radius 1 is 0.600 bits per heavy atom. The van der Waals surface area contributed by atoms with Gasteiger partial charge in [0.1, 0.15) is 0 Å². The van der Waals surface area contributed by atoms with E-state index in [1.165, 1.54) is 70.6 Å². The molecule has 0 radical (unpaired) electrons. The van der Waals surface area contributed by atoms with Gasteiger partial charge in [-0.1, -0.05) is 97.8 Å². The lowest BCUT2D eigenvalue weighted by atomic mass is 10.1. The summed E-state index contributed by atoms with van der Waals surface area (Å²) in [6.07, 6.45) is 17.0. The first-order valence-corrected chi connectivity index (χ1v) is 8.90. The number of aliphatic carboxylic acids is 1. The van der Waals surface area contributed by atoms with Gasteiger partial charge in [0.05, 0.1) is 0 Å². The first kappa shape index (κ1) is 21.8. The summed E-state index contributed by atoms with van der Waals surface area (Å²) in [5.74, 6) is -0.657. The van der Waals surface area contributed by atoms with Crippen molar-refractivity contribution in [1.82, 2.24) is 0 Å². The van der Waals surface area contributed by atoms with Crippen LogP contribution in [0, 0.1) is 0 Å².